The normalized spacial score (nSPS) is 21.1. The highest BCUT2D eigenvalue weighted by Crippen LogP contribution is 2.74. The van der Waals surface area contributed by atoms with Crippen molar-refractivity contribution in [1.82, 2.24) is 14.8 Å². The number of anilines is 1. The van der Waals surface area contributed by atoms with Crippen LogP contribution in [0.15, 0.2) is 64.5 Å². The lowest BCUT2D eigenvalue weighted by Crippen LogP contribution is -2.10. The molecule has 2 aromatic rings. The fourth-order valence-electron chi connectivity index (χ4n) is 3.65. The Morgan fingerprint density at radius 1 is 1.33 bits per heavy atom. The van der Waals surface area contributed by atoms with Crippen LogP contribution in [-0.4, -0.2) is 27.2 Å². The summed E-state index contributed by atoms with van der Waals surface area (Å²) in [5.41, 5.74) is 14.1. The Bertz CT molecular complexity index is 1160. The van der Waals surface area contributed by atoms with Crippen molar-refractivity contribution in [3.63, 3.8) is 0 Å². The number of pyridine rings is 1. The van der Waals surface area contributed by atoms with E-state index >= 15 is 0 Å². The maximum atomic E-state index is 6.38. The summed E-state index contributed by atoms with van der Waals surface area (Å²) in [6.45, 7) is 6.11. The van der Waals surface area contributed by atoms with E-state index in [0.717, 1.165) is 41.6 Å². The van der Waals surface area contributed by atoms with Gasteiger partial charge in [0.15, 0.2) is 11.6 Å². The van der Waals surface area contributed by atoms with Crippen LogP contribution >= 0.6 is 17.2 Å². The summed E-state index contributed by atoms with van der Waals surface area (Å²) in [6, 6.07) is 1.93. The zero-order chi connectivity index (χ0) is 23.5. The van der Waals surface area contributed by atoms with Crippen LogP contribution in [-0.2, 0) is 0 Å². The number of nitrogens with two attached hydrogens (primary N) is 2. The van der Waals surface area contributed by atoms with E-state index in [4.69, 9.17) is 20.9 Å². The van der Waals surface area contributed by atoms with Gasteiger partial charge in [0.1, 0.15) is 12.1 Å². The minimum Gasteiger partial charge on any atom is -0.483 e. The summed E-state index contributed by atoms with van der Waals surface area (Å²) in [6.07, 6.45) is 15.5. The first kappa shape index (κ1) is 23.7. The van der Waals surface area contributed by atoms with Crippen molar-refractivity contribution in [3.8, 4) is 17.3 Å². The molecule has 1 aliphatic heterocycles. The van der Waals surface area contributed by atoms with Gasteiger partial charge in [-0.2, -0.15) is 5.10 Å². The monoisotopic (exact) mass is 483 g/mol. The van der Waals surface area contributed by atoms with Crippen LogP contribution in [0.4, 0.5) is 5.82 Å². The summed E-state index contributed by atoms with van der Waals surface area (Å²) in [4.78, 5) is 4.47. The number of aromatic nitrogens is 3. The molecular weight excluding hydrogens is 452 g/mol. The first-order valence-electron chi connectivity index (χ1n) is 11.1. The van der Waals surface area contributed by atoms with Crippen molar-refractivity contribution in [2.24, 2.45) is 5.73 Å². The molecule has 3 atom stereocenters. The third-order valence-corrected chi connectivity index (χ3v) is 8.11. The van der Waals surface area contributed by atoms with Gasteiger partial charge in [-0.25, -0.2) is 9.67 Å². The molecule has 1 saturated heterocycles. The molecule has 2 aromatic heterocycles. The van der Waals surface area contributed by atoms with E-state index in [1.165, 1.54) is 10.6 Å². The molecule has 0 radical (unpaired) electrons. The molecule has 9 heteroatoms. The molecule has 0 spiro atoms. The number of hydrogen-bond acceptors (Lipinski definition) is 6. The van der Waals surface area contributed by atoms with Gasteiger partial charge in [0.25, 0.3) is 0 Å². The van der Waals surface area contributed by atoms with Crippen molar-refractivity contribution in [2.45, 2.75) is 46.1 Å². The van der Waals surface area contributed by atoms with Crippen molar-refractivity contribution < 1.29 is 9.47 Å². The highest BCUT2D eigenvalue weighted by molar-refractivity contribution is 7.77. The Morgan fingerprint density at radius 2 is 2.15 bits per heavy atom. The number of nitrogens with zero attached hydrogens (tertiary/aromatic N) is 3. The van der Waals surface area contributed by atoms with Crippen LogP contribution in [0, 0.1) is 6.92 Å². The number of ether oxygens (including phenoxy) is 2. The molecule has 33 heavy (non-hydrogen) atoms. The lowest BCUT2D eigenvalue weighted by molar-refractivity contribution is 0.392. The fourth-order valence-corrected chi connectivity index (χ4v) is 6.17. The first-order chi connectivity index (χ1) is 15.9. The van der Waals surface area contributed by atoms with E-state index in [1.807, 2.05) is 26.0 Å². The Hall–Kier alpha value is -2.46. The molecule has 4 N–H and O–H groups in total. The van der Waals surface area contributed by atoms with Crippen LogP contribution in [0.2, 0.25) is 0 Å². The molecule has 0 saturated carbocycles. The van der Waals surface area contributed by atoms with Gasteiger partial charge in [0, 0.05) is 12.1 Å². The predicted octanol–water partition coefficient (Wildman–Crippen LogP) is 5.33. The molecule has 2 aliphatic rings. The second-order valence-electron chi connectivity index (χ2n) is 8.16. The number of aryl methyl sites for hydroxylation is 1. The summed E-state index contributed by atoms with van der Waals surface area (Å²) >= 11 is 0. The van der Waals surface area contributed by atoms with Crippen molar-refractivity contribution in [3.05, 3.63) is 70.0 Å². The molecule has 0 amide bonds. The zero-order valence-electron chi connectivity index (χ0n) is 19.3. The second-order valence-corrected chi connectivity index (χ2v) is 10.9. The van der Waals surface area contributed by atoms with Crippen LogP contribution in [0.5, 0.6) is 11.6 Å². The lowest BCUT2D eigenvalue weighted by Gasteiger charge is -2.14. The molecule has 174 valence electrons. The summed E-state index contributed by atoms with van der Waals surface area (Å²) in [5.74, 6) is 2.40. The smallest absolute Gasteiger partial charge is 0.219 e. The number of rotatable bonds is 8. The molecule has 1 aliphatic carbocycles. The van der Waals surface area contributed by atoms with Gasteiger partial charge in [0.2, 0.25) is 5.88 Å². The van der Waals surface area contributed by atoms with Gasteiger partial charge in [-0.05, 0) is 68.6 Å². The molecule has 3 heterocycles. The van der Waals surface area contributed by atoms with Crippen molar-refractivity contribution in [1.29, 1.82) is 0 Å². The van der Waals surface area contributed by atoms with Crippen LogP contribution in [0.25, 0.3) is 5.69 Å². The third kappa shape index (κ3) is 5.38. The van der Waals surface area contributed by atoms with Gasteiger partial charge in [-0.15, -0.1) is 9.24 Å². The quantitative estimate of drug-likeness (QED) is 0.492. The summed E-state index contributed by atoms with van der Waals surface area (Å²) in [7, 11) is 2.31. The molecule has 7 nitrogen and oxygen atoms in total. The SMILES string of the molecule is CC/C=C1\C(=C/[C@@H](C)N)P1COc1cnn(-c2cnc(OC3=C(P)CCC=C3)cc2C)c1N. The van der Waals surface area contributed by atoms with Crippen molar-refractivity contribution >= 4 is 23.0 Å². The highest BCUT2D eigenvalue weighted by Gasteiger charge is 2.37. The molecule has 2 unspecified atom stereocenters. The predicted molar refractivity (Wildman–Crippen MR) is 139 cm³/mol. The third-order valence-electron chi connectivity index (χ3n) is 5.40. The van der Waals surface area contributed by atoms with E-state index in [0.29, 0.717) is 23.8 Å². The lowest BCUT2D eigenvalue weighted by atomic mass is 10.2. The average Bonchev–Trinajstić information content (AvgIpc) is 3.27. The summed E-state index contributed by atoms with van der Waals surface area (Å²) in [5, 5.41) is 8.30. The number of allylic oxidation sites excluding steroid dienone is 6. The van der Waals surface area contributed by atoms with Gasteiger partial charge >= 0.3 is 0 Å². The molecule has 0 aromatic carbocycles. The minimum atomic E-state index is -0.433. The standard InChI is InChI=1S/C24H31N5O2P2/c1-4-7-21-22(11-16(3)25)33(21)14-30-19-13-28-29(24(19)26)17-12-27-23(10-15(17)2)31-18-8-5-6-9-20(18)32/h5,7-8,10-13,16H,4,6,9,14,25-26,32H2,1-3H3/b21-7+,22-11+/t16-,33?/m1/s1. The second kappa shape index (κ2) is 10.2. The Labute approximate surface area is 198 Å². The largest absolute Gasteiger partial charge is 0.483 e. The maximum Gasteiger partial charge on any atom is 0.219 e. The molecule has 0 bridgehead atoms. The van der Waals surface area contributed by atoms with Gasteiger partial charge in [-0.1, -0.05) is 25.2 Å². The van der Waals surface area contributed by atoms with Crippen LogP contribution in [0.1, 0.15) is 38.7 Å². The highest BCUT2D eigenvalue weighted by atomic mass is 31.1. The Kier molecular flexibility index (Phi) is 7.33. The van der Waals surface area contributed by atoms with Gasteiger partial charge in [-0.3, -0.25) is 0 Å². The zero-order valence-corrected chi connectivity index (χ0v) is 21.3. The van der Waals surface area contributed by atoms with E-state index in [9.17, 15) is 0 Å². The molecule has 4 rings (SSSR count). The van der Waals surface area contributed by atoms with Gasteiger partial charge in [0.05, 0.1) is 18.1 Å². The number of hydrogen-bond donors (Lipinski definition) is 2. The van der Waals surface area contributed by atoms with Crippen LogP contribution in [0.3, 0.4) is 0 Å². The number of nitrogen functional groups attached to an aromatic ring is 1. The topological polar surface area (TPSA) is 101 Å². The van der Waals surface area contributed by atoms with E-state index in [2.05, 4.69) is 44.5 Å². The van der Waals surface area contributed by atoms with Crippen LogP contribution < -0.4 is 20.9 Å². The summed E-state index contributed by atoms with van der Waals surface area (Å²) < 4.78 is 13.7. The van der Waals surface area contributed by atoms with E-state index in [1.54, 1.807) is 17.1 Å². The Balaban J connectivity index is 1.46. The minimum absolute atomic E-state index is 0.0381. The molecule has 1 fully saturated rings. The molecular formula is C24H31N5O2P2. The van der Waals surface area contributed by atoms with Gasteiger partial charge < -0.3 is 20.9 Å². The van der Waals surface area contributed by atoms with Crippen molar-refractivity contribution in [2.75, 3.05) is 12.1 Å². The average molecular weight is 483 g/mol. The Morgan fingerprint density at radius 3 is 2.85 bits per heavy atom. The maximum absolute atomic E-state index is 6.38. The van der Waals surface area contributed by atoms with E-state index < -0.39 is 7.92 Å². The first-order valence-corrected chi connectivity index (χ1v) is 13.2. The van der Waals surface area contributed by atoms with E-state index in [-0.39, 0.29) is 6.04 Å². The fraction of sp³-hybridized carbons (Fsp3) is 0.333.